The number of nitrogens with one attached hydrogen (secondary N) is 1. The Kier molecular flexibility index (Phi) is 13.8. The second-order valence-corrected chi connectivity index (χ2v) is 12.8. The molecule has 11 atom stereocenters. The summed E-state index contributed by atoms with van der Waals surface area (Å²) in [6.45, 7) is 4.97. The number of nitro groups is 1. The minimum absolute atomic E-state index is 0.104. The molecule has 20 nitrogen and oxygen atoms in total. The average molecular weight is 791 g/mol. The van der Waals surface area contributed by atoms with Crippen molar-refractivity contribution in [3.63, 3.8) is 0 Å². The van der Waals surface area contributed by atoms with Gasteiger partial charge < -0.3 is 57.4 Å². The Hall–Kier alpha value is -5.41. The highest BCUT2D eigenvalue weighted by atomic mass is 16.8. The van der Waals surface area contributed by atoms with Crippen molar-refractivity contribution in [1.82, 2.24) is 5.32 Å². The van der Waals surface area contributed by atoms with Gasteiger partial charge in [0.25, 0.3) is 5.69 Å². The summed E-state index contributed by atoms with van der Waals surface area (Å²) in [6.07, 6.45) is -13.5. The van der Waals surface area contributed by atoms with E-state index in [9.17, 15) is 34.1 Å². The first kappa shape index (κ1) is 41.7. The third-order valence-corrected chi connectivity index (χ3v) is 8.64. The Morgan fingerprint density at radius 2 is 1.36 bits per heavy atom. The van der Waals surface area contributed by atoms with Crippen molar-refractivity contribution in [2.75, 3.05) is 20.3 Å². The number of carbonyl (C=O) groups excluding carboxylic acids is 5. The molecule has 56 heavy (non-hydrogen) atoms. The van der Waals surface area contributed by atoms with Gasteiger partial charge in [-0.05, 0) is 24.3 Å². The van der Waals surface area contributed by atoms with Gasteiger partial charge in [0, 0.05) is 52.3 Å². The largest absolute Gasteiger partial charge is 0.497 e. The smallest absolute Gasteiger partial charge is 0.303 e. The van der Waals surface area contributed by atoms with Gasteiger partial charge in [-0.1, -0.05) is 12.1 Å². The molecule has 3 saturated heterocycles. The minimum Gasteiger partial charge on any atom is -0.497 e. The third kappa shape index (κ3) is 10.5. The van der Waals surface area contributed by atoms with E-state index in [-0.39, 0.29) is 18.0 Å². The summed E-state index contributed by atoms with van der Waals surface area (Å²) in [6, 6.07) is 10.7. The molecule has 0 bridgehead atoms. The van der Waals surface area contributed by atoms with E-state index in [4.69, 9.17) is 52.1 Å². The molecule has 1 N–H and O–H groups in total. The highest BCUT2D eigenvalue weighted by Crippen LogP contribution is 2.39. The summed E-state index contributed by atoms with van der Waals surface area (Å²) in [4.78, 5) is 72.7. The number of hydrogen-bond donors (Lipinski definition) is 1. The Morgan fingerprint density at radius 1 is 0.750 bits per heavy atom. The molecule has 2 aromatic carbocycles. The molecule has 7 unspecified atom stereocenters. The number of fused-ring (bicyclic) bond motifs is 1. The van der Waals surface area contributed by atoms with E-state index >= 15 is 0 Å². The lowest BCUT2D eigenvalue weighted by Gasteiger charge is -2.51. The standard InChI is InChI=1S/C36H42N2O18/c1-17(39)37-28-31(56-36-33(51-21(5)43)32(50-20(4)42)30(49-19(3)41)26(54-36)15-47-18(2)40)29-27(16-48-34(55-29)22-7-11-24(46-6)12-8-22)53-35(28)52-25-13-9-23(10-14-25)38(44)45/h7-14,26-36H,15-16H2,1-6H3,(H,37,39)/t26?,27?,28?,29-,30-,31?,32?,33?,34?,35-,36-/m0/s1. The highest BCUT2D eigenvalue weighted by molar-refractivity contribution is 5.73. The van der Waals surface area contributed by atoms with Crippen molar-refractivity contribution >= 4 is 35.5 Å². The number of ether oxygens (including phenoxy) is 11. The zero-order chi connectivity index (χ0) is 40.7. The van der Waals surface area contributed by atoms with Crippen LogP contribution in [-0.2, 0) is 66.6 Å². The van der Waals surface area contributed by atoms with Crippen molar-refractivity contribution in [3.8, 4) is 11.5 Å². The number of carbonyl (C=O) groups is 5. The van der Waals surface area contributed by atoms with Crippen LogP contribution in [0.5, 0.6) is 11.5 Å². The van der Waals surface area contributed by atoms with Crippen LogP contribution in [0.3, 0.4) is 0 Å². The lowest BCUT2D eigenvalue weighted by Crippen LogP contribution is -2.70. The summed E-state index contributed by atoms with van der Waals surface area (Å²) in [5, 5.41) is 14.1. The number of nitro benzene ring substituents is 1. The van der Waals surface area contributed by atoms with E-state index in [1.165, 1.54) is 38.3 Å². The maximum atomic E-state index is 12.8. The topological polar surface area (TPSA) is 242 Å². The summed E-state index contributed by atoms with van der Waals surface area (Å²) in [7, 11) is 1.51. The normalized spacial score (nSPS) is 29.7. The molecule has 0 saturated carbocycles. The molecule has 3 heterocycles. The first-order valence-electron chi connectivity index (χ1n) is 17.3. The van der Waals surface area contributed by atoms with Gasteiger partial charge in [0.05, 0.1) is 18.6 Å². The van der Waals surface area contributed by atoms with E-state index in [0.29, 0.717) is 11.3 Å². The van der Waals surface area contributed by atoms with Gasteiger partial charge >= 0.3 is 23.9 Å². The number of hydrogen-bond acceptors (Lipinski definition) is 18. The molecule has 0 aliphatic carbocycles. The van der Waals surface area contributed by atoms with E-state index in [1.54, 1.807) is 24.3 Å². The van der Waals surface area contributed by atoms with Gasteiger partial charge in [0.1, 0.15) is 48.6 Å². The maximum absolute atomic E-state index is 12.8. The van der Waals surface area contributed by atoms with Crippen molar-refractivity contribution in [2.24, 2.45) is 0 Å². The number of non-ortho nitro benzene ring substituents is 1. The summed E-state index contributed by atoms with van der Waals surface area (Å²) < 4.78 is 65.0. The Morgan fingerprint density at radius 3 is 1.93 bits per heavy atom. The van der Waals surface area contributed by atoms with Crippen LogP contribution in [0.15, 0.2) is 48.5 Å². The molecular weight excluding hydrogens is 748 g/mol. The number of methoxy groups -OCH3 is 1. The van der Waals surface area contributed by atoms with Crippen molar-refractivity contribution in [1.29, 1.82) is 0 Å². The van der Waals surface area contributed by atoms with E-state index < -0.39 is 109 Å². The van der Waals surface area contributed by atoms with Crippen LogP contribution in [-0.4, -0.2) is 116 Å². The van der Waals surface area contributed by atoms with Crippen LogP contribution in [0.2, 0.25) is 0 Å². The first-order chi connectivity index (χ1) is 26.6. The molecule has 2 aromatic rings. The number of benzene rings is 2. The molecular formula is C36H42N2O18. The molecule has 20 heteroatoms. The van der Waals surface area contributed by atoms with Gasteiger partial charge in [-0.3, -0.25) is 34.1 Å². The average Bonchev–Trinajstić information content (AvgIpc) is 3.13. The second-order valence-electron chi connectivity index (χ2n) is 12.8. The quantitative estimate of drug-likeness (QED) is 0.132. The van der Waals surface area contributed by atoms with E-state index in [1.807, 2.05) is 0 Å². The highest BCUT2D eigenvalue weighted by Gasteiger charge is 2.58. The number of esters is 4. The molecule has 0 radical (unpaired) electrons. The second kappa shape index (κ2) is 18.5. The summed E-state index contributed by atoms with van der Waals surface area (Å²) >= 11 is 0. The monoisotopic (exact) mass is 790 g/mol. The zero-order valence-corrected chi connectivity index (χ0v) is 31.2. The lowest BCUT2D eigenvalue weighted by molar-refractivity contribution is -0.385. The van der Waals surface area contributed by atoms with Crippen LogP contribution in [0.25, 0.3) is 0 Å². The number of rotatable bonds is 13. The first-order valence-corrected chi connectivity index (χ1v) is 17.3. The van der Waals surface area contributed by atoms with Gasteiger partial charge in [-0.15, -0.1) is 0 Å². The molecule has 5 rings (SSSR count). The zero-order valence-electron chi connectivity index (χ0n) is 31.2. The van der Waals surface area contributed by atoms with Gasteiger partial charge in [0.2, 0.25) is 12.2 Å². The SMILES string of the molecule is COc1ccc(C2OCC3O[C@H](Oc4ccc([N+](=O)[O-])cc4)C(NC(C)=O)C(O[C@@H]4OC(COC(C)=O)[C@H](OC(C)=O)C(OC(C)=O)C4OC(C)=O)[C@H]3O2)cc1. The van der Waals surface area contributed by atoms with Crippen molar-refractivity contribution < 1.29 is 81.0 Å². The fourth-order valence-corrected chi connectivity index (χ4v) is 6.39. The molecule has 0 spiro atoms. The summed E-state index contributed by atoms with van der Waals surface area (Å²) in [5.41, 5.74) is 0.375. The number of amides is 1. The molecule has 0 aromatic heterocycles. The molecule has 304 valence electrons. The van der Waals surface area contributed by atoms with Crippen LogP contribution >= 0.6 is 0 Å². The van der Waals surface area contributed by atoms with Crippen molar-refractivity contribution in [3.05, 3.63) is 64.2 Å². The summed E-state index contributed by atoms with van der Waals surface area (Å²) in [5.74, 6) is -3.14. The fraction of sp³-hybridized carbons (Fsp3) is 0.528. The Labute approximate surface area is 319 Å². The molecule has 1 amide bonds. The van der Waals surface area contributed by atoms with Gasteiger partial charge in [0.15, 0.2) is 30.9 Å². The maximum Gasteiger partial charge on any atom is 0.303 e. The molecule has 3 aliphatic heterocycles. The van der Waals surface area contributed by atoms with Crippen molar-refractivity contribution in [2.45, 2.75) is 102 Å². The molecule has 3 fully saturated rings. The van der Waals surface area contributed by atoms with Crippen LogP contribution in [0.4, 0.5) is 5.69 Å². The lowest BCUT2D eigenvalue weighted by atomic mass is 9.94. The van der Waals surface area contributed by atoms with Gasteiger partial charge in [-0.25, -0.2) is 0 Å². The van der Waals surface area contributed by atoms with Crippen LogP contribution in [0, 0.1) is 10.1 Å². The van der Waals surface area contributed by atoms with Crippen LogP contribution in [0.1, 0.15) is 46.5 Å². The fourth-order valence-electron chi connectivity index (χ4n) is 6.39. The third-order valence-electron chi connectivity index (χ3n) is 8.64. The van der Waals surface area contributed by atoms with Crippen LogP contribution < -0.4 is 14.8 Å². The Bertz CT molecular complexity index is 1740. The number of nitrogens with zero attached hydrogens (tertiary/aromatic N) is 1. The predicted octanol–water partition coefficient (Wildman–Crippen LogP) is 1.79. The van der Waals surface area contributed by atoms with Gasteiger partial charge in [-0.2, -0.15) is 0 Å². The predicted molar refractivity (Wildman–Crippen MR) is 183 cm³/mol. The minimum atomic E-state index is -1.69. The van der Waals surface area contributed by atoms with E-state index in [2.05, 4.69) is 5.32 Å². The molecule has 3 aliphatic rings. The van der Waals surface area contributed by atoms with E-state index in [0.717, 1.165) is 27.7 Å². The Balaban J connectivity index is 1.58.